The number of rotatable bonds is 5. The van der Waals surface area contributed by atoms with Gasteiger partial charge >= 0.3 is 0 Å². The first-order valence-corrected chi connectivity index (χ1v) is 9.55. The lowest BCUT2D eigenvalue weighted by molar-refractivity contribution is -0.0346. The van der Waals surface area contributed by atoms with Crippen molar-refractivity contribution in [2.45, 2.75) is 19.1 Å². The van der Waals surface area contributed by atoms with Crippen LogP contribution < -0.4 is 5.32 Å². The number of halogens is 3. The van der Waals surface area contributed by atoms with Gasteiger partial charge in [-0.1, -0.05) is 41.4 Å². The monoisotopic (exact) mass is 410 g/mol. The number of hydrogen-bond acceptors (Lipinski definition) is 3. The van der Waals surface area contributed by atoms with Crippen LogP contribution in [0.25, 0.3) is 0 Å². The lowest BCUT2D eigenvalue weighted by atomic mass is 10.0. The smallest absolute Gasteiger partial charge is 0.252 e. The Morgan fingerprint density at radius 3 is 2.70 bits per heavy atom. The molecule has 1 fully saturated rings. The summed E-state index contributed by atoms with van der Waals surface area (Å²) in [7, 11) is 0. The molecule has 1 N–H and O–H groups in total. The van der Waals surface area contributed by atoms with Gasteiger partial charge in [-0.15, -0.1) is 0 Å². The number of amides is 1. The van der Waals surface area contributed by atoms with Crippen LogP contribution in [0.15, 0.2) is 42.5 Å². The van der Waals surface area contributed by atoms with Crippen molar-refractivity contribution in [1.82, 2.24) is 10.2 Å². The zero-order chi connectivity index (χ0) is 19.4. The fourth-order valence-electron chi connectivity index (χ4n) is 3.30. The van der Waals surface area contributed by atoms with E-state index in [2.05, 4.69) is 10.2 Å². The summed E-state index contributed by atoms with van der Waals surface area (Å²) in [6.45, 7) is 3.97. The predicted molar refractivity (Wildman–Crippen MR) is 105 cm³/mol. The maximum absolute atomic E-state index is 14.6. The van der Waals surface area contributed by atoms with Gasteiger partial charge in [0.25, 0.3) is 5.91 Å². The predicted octanol–water partition coefficient (Wildman–Crippen LogP) is 4.32. The Hall–Kier alpha value is -1.66. The molecule has 2 aromatic carbocycles. The molecule has 0 aliphatic carbocycles. The van der Waals surface area contributed by atoms with Gasteiger partial charge < -0.3 is 10.1 Å². The van der Waals surface area contributed by atoms with Crippen molar-refractivity contribution in [2.24, 2.45) is 0 Å². The van der Waals surface area contributed by atoms with Crippen molar-refractivity contribution in [3.63, 3.8) is 0 Å². The molecule has 4 nitrogen and oxygen atoms in total. The maximum atomic E-state index is 14.6. The molecule has 1 aliphatic heterocycles. The van der Waals surface area contributed by atoms with Crippen LogP contribution in [-0.4, -0.2) is 43.2 Å². The molecular weight excluding hydrogens is 390 g/mol. The first-order chi connectivity index (χ1) is 13.0. The number of carbonyl (C=O) groups excluding carboxylic acids is 1. The van der Waals surface area contributed by atoms with Gasteiger partial charge in [0.05, 0.1) is 29.3 Å². The van der Waals surface area contributed by atoms with Gasteiger partial charge in [-0.2, -0.15) is 0 Å². The second-order valence-electron chi connectivity index (χ2n) is 6.52. The molecule has 0 bridgehead atoms. The average Bonchev–Trinajstić information content (AvgIpc) is 2.64. The van der Waals surface area contributed by atoms with Crippen molar-refractivity contribution in [3.05, 3.63) is 69.5 Å². The lowest BCUT2D eigenvalue weighted by Crippen LogP contribution is -2.47. The minimum absolute atomic E-state index is 0.0195. The summed E-state index contributed by atoms with van der Waals surface area (Å²) in [5.74, 6) is -0.696. The minimum Gasteiger partial charge on any atom is -0.376 e. The Morgan fingerprint density at radius 2 is 2.00 bits per heavy atom. The van der Waals surface area contributed by atoms with Gasteiger partial charge in [-0.25, -0.2) is 4.39 Å². The van der Waals surface area contributed by atoms with E-state index in [-0.39, 0.29) is 18.6 Å². The Balaban J connectivity index is 1.84. The Kier molecular flexibility index (Phi) is 6.71. The van der Waals surface area contributed by atoms with E-state index in [4.69, 9.17) is 27.9 Å². The average molecular weight is 411 g/mol. The van der Waals surface area contributed by atoms with Gasteiger partial charge in [0.1, 0.15) is 5.82 Å². The van der Waals surface area contributed by atoms with Crippen LogP contribution in [0, 0.1) is 5.82 Å². The first kappa shape index (κ1) is 20.1. The normalized spacial score (nSPS) is 18.9. The van der Waals surface area contributed by atoms with E-state index >= 15 is 0 Å². The third kappa shape index (κ3) is 4.79. The summed E-state index contributed by atoms with van der Waals surface area (Å²) >= 11 is 12.4. The van der Waals surface area contributed by atoms with Gasteiger partial charge in [0, 0.05) is 30.2 Å². The Morgan fingerprint density at radius 1 is 1.26 bits per heavy atom. The molecule has 2 aromatic rings. The third-order valence-electron chi connectivity index (χ3n) is 4.62. The van der Waals surface area contributed by atoms with Gasteiger partial charge in [-0.3, -0.25) is 9.69 Å². The number of hydrogen-bond donors (Lipinski definition) is 1. The van der Waals surface area contributed by atoms with Crippen LogP contribution in [0.2, 0.25) is 10.0 Å². The number of benzene rings is 2. The number of nitrogens with one attached hydrogen (secondary N) is 1. The fraction of sp³-hybridized carbons (Fsp3) is 0.350. The SMILES string of the molecule is CC1CN(C(CNC(=O)c2ccccc2Cl)c2c(F)cccc2Cl)CCO1. The molecule has 0 aromatic heterocycles. The molecule has 0 saturated carbocycles. The molecule has 1 saturated heterocycles. The van der Waals surface area contributed by atoms with Crippen molar-refractivity contribution < 1.29 is 13.9 Å². The molecule has 0 radical (unpaired) electrons. The molecule has 7 heteroatoms. The summed E-state index contributed by atoms with van der Waals surface area (Å²) in [6, 6.07) is 11.0. The second-order valence-corrected chi connectivity index (χ2v) is 7.33. The van der Waals surface area contributed by atoms with E-state index in [0.29, 0.717) is 40.9 Å². The highest BCUT2D eigenvalue weighted by atomic mass is 35.5. The van der Waals surface area contributed by atoms with Crippen molar-refractivity contribution in [1.29, 1.82) is 0 Å². The summed E-state index contributed by atoms with van der Waals surface area (Å²) in [6.07, 6.45) is 0.0195. The highest BCUT2D eigenvalue weighted by Gasteiger charge is 2.29. The molecule has 0 spiro atoms. The molecule has 3 rings (SSSR count). The summed E-state index contributed by atoms with van der Waals surface area (Å²) in [4.78, 5) is 14.6. The van der Waals surface area contributed by atoms with Gasteiger partial charge in [0.15, 0.2) is 0 Å². The highest BCUT2D eigenvalue weighted by Crippen LogP contribution is 2.31. The topological polar surface area (TPSA) is 41.6 Å². The number of morpholine rings is 1. The Bertz CT molecular complexity index is 798. The zero-order valence-electron chi connectivity index (χ0n) is 14.9. The zero-order valence-corrected chi connectivity index (χ0v) is 16.4. The van der Waals surface area contributed by atoms with Gasteiger partial charge in [0.2, 0.25) is 0 Å². The van der Waals surface area contributed by atoms with Crippen LogP contribution >= 0.6 is 23.2 Å². The fourth-order valence-corrected chi connectivity index (χ4v) is 3.81. The van der Waals surface area contributed by atoms with Crippen LogP contribution in [-0.2, 0) is 4.74 Å². The van der Waals surface area contributed by atoms with Crippen molar-refractivity contribution in [2.75, 3.05) is 26.2 Å². The van der Waals surface area contributed by atoms with Crippen LogP contribution in [0.4, 0.5) is 4.39 Å². The van der Waals surface area contributed by atoms with E-state index in [0.717, 1.165) is 0 Å². The van der Waals surface area contributed by atoms with Crippen LogP contribution in [0.3, 0.4) is 0 Å². The second kappa shape index (κ2) is 9.02. The molecule has 1 aliphatic rings. The highest BCUT2D eigenvalue weighted by molar-refractivity contribution is 6.33. The van der Waals surface area contributed by atoms with Crippen LogP contribution in [0.5, 0.6) is 0 Å². The van der Waals surface area contributed by atoms with E-state index in [9.17, 15) is 9.18 Å². The Labute approximate surface area is 168 Å². The quantitative estimate of drug-likeness (QED) is 0.797. The molecule has 144 valence electrons. The largest absolute Gasteiger partial charge is 0.376 e. The standard InChI is InChI=1S/C20H21Cl2FN2O2/c1-13-12-25(9-10-27-13)18(19-16(22)7-4-8-17(19)23)11-24-20(26)14-5-2-3-6-15(14)21/h2-8,13,18H,9-12H2,1H3,(H,24,26). The lowest BCUT2D eigenvalue weighted by Gasteiger charge is -2.38. The molecular formula is C20H21Cl2FN2O2. The molecule has 1 amide bonds. The summed E-state index contributed by atoms with van der Waals surface area (Å²) < 4.78 is 20.2. The van der Waals surface area contributed by atoms with Crippen LogP contribution in [0.1, 0.15) is 28.9 Å². The van der Waals surface area contributed by atoms with E-state index in [1.165, 1.54) is 6.07 Å². The molecule has 27 heavy (non-hydrogen) atoms. The first-order valence-electron chi connectivity index (χ1n) is 8.79. The molecule has 1 heterocycles. The van der Waals surface area contributed by atoms with Crippen molar-refractivity contribution >= 4 is 29.1 Å². The molecule has 2 atom stereocenters. The third-order valence-corrected chi connectivity index (χ3v) is 5.28. The molecule has 2 unspecified atom stereocenters. The summed E-state index contributed by atoms with van der Waals surface area (Å²) in [5, 5.41) is 3.58. The van der Waals surface area contributed by atoms with E-state index in [1.54, 1.807) is 36.4 Å². The summed E-state index contributed by atoms with van der Waals surface area (Å²) in [5.41, 5.74) is 0.764. The minimum atomic E-state index is -0.406. The number of nitrogens with zero attached hydrogens (tertiary/aromatic N) is 1. The number of ether oxygens (including phenoxy) is 1. The van der Waals surface area contributed by atoms with E-state index < -0.39 is 11.9 Å². The number of carbonyl (C=O) groups is 1. The van der Waals surface area contributed by atoms with E-state index in [1.807, 2.05) is 6.92 Å². The maximum Gasteiger partial charge on any atom is 0.252 e. The van der Waals surface area contributed by atoms with Gasteiger partial charge in [-0.05, 0) is 31.2 Å². The van der Waals surface area contributed by atoms with Crippen molar-refractivity contribution in [3.8, 4) is 0 Å².